The lowest BCUT2D eigenvalue weighted by Gasteiger charge is -2.07. The van der Waals surface area contributed by atoms with Crippen LogP contribution in [0.1, 0.15) is 6.92 Å². The Hall–Kier alpha value is -1.54. The number of hydrogen-bond donors (Lipinski definition) is 1. The summed E-state index contributed by atoms with van der Waals surface area (Å²) in [7, 11) is -1.27. The minimum absolute atomic E-state index is 0.118. The number of pyridine rings is 1. The summed E-state index contributed by atoms with van der Waals surface area (Å²) in [5.74, 6) is 0.118. The molecular weight excluding hydrogens is 258 g/mol. The Morgan fingerprint density at radius 3 is 2.83 bits per heavy atom. The van der Waals surface area contributed by atoms with Crippen molar-refractivity contribution in [1.29, 1.82) is 0 Å². The van der Waals surface area contributed by atoms with Gasteiger partial charge in [0.25, 0.3) is 0 Å². The van der Waals surface area contributed by atoms with Gasteiger partial charge in [0.2, 0.25) is 5.82 Å². The van der Waals surface area contributed by atoms with Crippen LogP contribution in [0.25, 0.3) is 0 Å². The molecule has 7 nitrogen and oxygen atoms in total. The number of nitrogens with zero attached hydrogens (tertiary/aromatic N) is 2. The van der Waals surface area contributed by atoms with E-state index in [1.165, 1.54) is 18.4 Å². The van der Waals surface area contributed by atoms with Crippen molar-refractivity contribution in [2.45, 2.75) is 11.9 Å². The van der Waals surface area contributed by atoms with Crippen LogP contribution >= 0.6 is 0 Å². The fraction of sp³-hybridized carbons (Fsp3) is 0.500. The maximum absolute atomic E-state index is 11.3. The van der Waals surface area contributed by atoms with Crippen LogP contribution in [0.4, 0.5) is 11.5 Å². The van der Waals surface area contributed by atoms with Gasteiger partial charge in [-0.25, -0.2) is 4.98 Å². The van der Waals surface area contributed by atoms with Gasteiger partial charge in [0, 0.05) is 25.5 Å². The number of rotatable bonds is 7. The molecule has 100 valence electrons. The van der Waals surface area contributed by atoms with Gasteiger partial charge in [0.1, 0.15) is 5.03 Å². The molecule has 1 aromatic heterocycles. The number of hydrogen-bond acceptors (Lipinski definition) is 6. The third-order valence-electron chi connectivity index (χ3n) is 2.08. The summed E-state index contributed by atoms with van der Waals surface area (Å²) < 4.78 is 16.4. The van der Waals surface area contributed by atoms with Crippen LogP contribution in [0.5, 0.6) is 0 Å². The van der Waals surface area contributed by atoms with Crippen LogP contribution in [0.15, 0.2) is 17.2 Å². The van der Waals surface area contributed by atoms with Gasteiger partial charge in [-0.15, -0.1) is 0 Å². The van der Waals surface area contributed by atoms with E-state index in [0.29, 0.717) is 24.8 Å². The van der Waals surface area contributed by atoms with E-state index in [4.69, 9.17) is 4.74 Å². The molecule has 0 fully saturated rings. The first-order valence-corrected chi connectivity index (χ1v) is 6.92. The fourth-order valence-electron chi connectivity index (χ4n) is 1.26. The normalized spacial score (nSPS) is 12.1. The average Bonchev–Trinajstić information content (AvgIpc) is 2.34. The molecule has 1 unspecified atom stereocenters. The summed E-state index contributed by atoms with van der Waals surface area (Å²) in [5, 5.41) is 13.9. The van der Waals surface area contributed by atoms with Gasteiger partial charge in [0.15, 0.2) is 0 Å². The Labute approximate surface area is 107 Å². The number of aromatic nitrogens is 1. The minimum atomic E-state index is -1.27. The van der Waals surface area contributed by atoms with Crippen molar-refractivity contribution < 1.29 is 13.9 Å². The number of ether oxygens (including phenoxy) is 1. The molecule has 1 N–H and O–H groups in total. The van der Waals surface area contributed by atoms with E-state index in [-0.39, 0.29) is 11.5 Å². The molecule has 1 rings (SSSR count). The smallest absolute Gasteiger partial charge is 0.311 e. The van der Waals surface area contributed by atoms with E-state index in [1.54, 1.807) is 0 Å². The highest BCUT2D eigenvalue weighted by Gasteiger charge is 2.16. The van der Waals surface area contributed by atoms with Crippen molar-refractivity contribution in [2.75, 3.05) is 31.3 Å². The van der Waals surface area contributed by atoms with Gasteiger partial charge in [-0.1, -0.05) is 0 Å². The van der Waals surface area contributed by atoms with Crippen LogP contribution in [0, 0.1) is 10.1 Å². The Morgan fingerprint density at radius 1 is 1.56 bits per heavy atom. The van der Waals surface area contributed by atoms with E-state index >= 15 is 0 Å². The van der Waals surface area contributed by atoms with Crippen molar-refractivity contribution in [3.8, 4) is 0 Å². The zero-order chi connectivity index (χ0) is 13.5. The number of anilines is 1. The van der Waals surface area contributed by atoms with E-state index in [2.05, 4.69) is 10.3 Å². The summed E-state index contributed by atoms with van der Waals surface area (Å²) >= 11 is 0. The fourth-order valence-corrected chi connectivity index (χ4v) is 1.74. The first-order chi connectivity index (χ1) is 8.56. The predicted molar refractivity (Wildman–Crippen MR) is 68.2 cm³/mol. The van der Waals surface area contributed by atoms with E-state index in [1.807, 2.05) is 6.92 Å². The summed E-state index contributed by atoms with van der Waals surface area (Å²) in [6.07, 6.45) is 1.47. The highest BCUT2D eigenvalue weighted by molar-refractivity contribution is 7.84. The molecule has 0 aliphatic heterocycles. The summed E-state index contributed by atoms with van der Waals surface area (Å²) in [6.45, 7) is 3.27. The monoisotopic (exact) mass is 273 g/mol. The van der Waals surface area contributed by atoms with Gasteiger partial charge in [-0.05, 0) is 13.0 Å². The lowest BCUT2D eigenvalue weighted by Crippen LogP contribution is -2.12. The molecule has 18 heavy (non-hydrogen) atoms. The summed E-state index contributed by atoms with van der Waals surface area (Å²) in [4.78, 5) is 14.3. The maximum Gasteiger partial charge on any atom is 0.311 e. The molecule has 1 heterocycles. The molecule has 0 aromatic carbocycles. The third kappa shape index (κ3) is 4.04. The molecule has 1 aromatic rings. The lowest BCUT2D eigenvalue weighted by atomic mass is 10.4. The molecule has 0 aliphatic rings. The van der Waals surface area contributed by atoms with Crippen molar-refractivity contribution >= 4 is 22.3 Å². The van der Waals surface area contributed by atoms with Gasteiger partial charge >= 0.3 is 5.69 Å². The molecule has 1 atom stereocenters. The number of nitrogens with one attached hydrogen (secondary N) is 1. The second-order valence-electron chi connectivity index (χ2n) is 3.35. The molecule has 0 bridgehead atoms. The molecule has 0 saturated heterocycles. The van der Waals surface area contributed by atoms with Gasteiger partial charge in [-0.2, -0.15) is 0 Å². The minimum Gasteiger partial charge on any atom is -0.380 e. The van der Waals surface area contributed by atoms with Crippen molar-refractivity contribution in [3.05, 3.63) is 22.2 Å². The third-order valence-corrected chi connectivity index (χ3v) is 2.90. The molecule has 0 radical (unpaired) electrons. The molecule has 0 aliphatic carbocycles. The quantitative estimate of drug-likeness (QED) is 0.455. The topological polar surface area (TPSA) is 94.4 Å². The Balaban J connectivity index is 2.86. The van der Waals surface area contributed by atoms with Crippen LogP contribution < -0.4 is 5.32 Å². The highest BCUT2D eigenvalue weighted by Crippen LogP contribution is 2.22. The van der Waals surface area contributed by atoms with Crippen LogP contribution in [-0.2, 0) is 15.5 Å². The van der Waals surface area contributed by atoms with Gasteiger partial charge in [-0.3, -0.25) is 14.3 Å². The average molecular weight is 273 g/mol. The van der Waals surface area contributed by atoms with Gasteiger partial charge in [0.05, 0.1) is 22.3 Å². The van der Waals surface area contributed by atoms with E-state index < -0.39 is 15.7 Å². The largest absolute Gasteiger partial charge is 0.380 e. The van der Waals surface area contributed by atoms with Crippen LogP contribution in [-0.4, -0.2) is 40.1 Å². The van der Waals surface area contributed by atoms with Crippen molar-refractivity contribution in [1.82, 2.24) is 4.98 Å². The Morgan fingerprint density at radius 2 is 2.28 bits per heavy atom. The zero-order valence-corrected chi connectivity index (χ0v) is 11.0. The Bertz CT molecular complexity index is 453. The van der Waals surface area contributed by atoms with Crippen molar-refractivity contribution in [2.24, 2.45) is 0 Å². The molecule has 8 heteroatoms. The Kier molecular flexibility index (Phi) is 5.66. The standard InChI is InChI=1S/C10H15N3O4S/c1-3-17-7-6-11-10-8(13(14)15)4-5-9(12-10)18(2)16/h4-5H,3,6-7H2,1-2H3,(H,11,12). The number of nitro groups is 1. The predicted octanol–water partition coefficient (Wildman–Crippen LogP) is 1.18. The first kappa shape index (κ1) is 14.5. The summed E-state index contributed by atoms with van der Waals surface area (Å²) in [6, 6.07) is 2.69. The first-order valence-electron chi connectivity index (χ1n) is 5.36. The molecule has 0 amide bonds. The van der Waals surface area contributed by atoms with E-state index in [0.717, 1.165) is 0 Å². The second kappa shape index (κ2) is 7.02. The molecule has 0 saturated carbocycles. The molecule has 0 spiro atoms. The molecular formula is C10H15N3O4S. The zero-order valence-electron chi connectivity index (χ0n) is 10.2. The highest BCUT2D eigenvalue weighted by atomic mass is 32.2. The van der Waals surface area contributed by atoms with Gasteiger partial charge < -0.3 is 10.1 Å². The lowest BCUT2D eigenvalue weighted by molar-refractivity contribution is -0.384. The maximum atomic E-state index is 11.3. The SMILES string of the molecule is CCOCCNc1nc(S(C)=O)ccc1[N+](=O)[O-]. The van der Waals surface area contributed by atoms with Crippen molar-refractivity contribution in [3.63, 3.8) is 0 Å². The van der Waals surface area contributed by atoms with Crippen LogP contribution in [0.3, 0.4) is 0 Å². The van der Waals surface area contributed by atoms with E-state index in [9.17, 15) is 14.3 Å². The second-order valence-corrected chi connectivity index (χ2v) is 4.68. The van der Waals surface area contributed by atoms with Crippen LogP contribution in [0.2, 0.25) is 0 Å². The summed E-state index contributed by atoms with van der Waals surface area (Å²) in [5.41, 5.74) is -0.138.